The van der Waals surface area contributed by atoms with Gasteiger partial charge in [-0.25, -0.2) is 9.59 Å². The standard InChI is InChI=1S/C28H42N2O6/c1-6-35-26(32)23-16-20(19-12-8-7-9-13-19)18-30(23)25(31)17-22(29-27(33)36-28(2,3)4)21-14-10-11-15-24(21)34-5/h10-11,14-15,19-20,22-23H,6-9,12-13,16-18H2,1-5H3,(H,29,33)/t20-,22+,23?/m1/s1. The van der Waals surface area contributed by atoms with E-state index in [-0.39, 0.29) is 30.8 Å². The smallest absolute Gasteiger partial charge is 0.408 e. The van der Waals surface area contributed by atoms with E-state index in [9.17, 15) is 14.4 Å². The van der Waals surface area contributed by atoms with Crippen LogP contribution in [0.15, 0.2) is 24.3 Å². The van der Waals surface area contributed by atoms with Crippen molar-refractivity contribution < 1.29 is 28.6 Å². The van der Waals surface area contributed by atoms with E-state index in [1.165, 1.54) is 19.3 Å². The number of hydrogen-bond acceptors (Lipinski definition) is 6. The summed E-state index contributed by atoms with van der Waals surface area (Å²) in [7, 11) is 1.55. The third-order valence-electron chi connectivity index (χ3n) is 7.11. The van der Waals surface area contributed by atoms with Crippen molar-refractivity contribution in [1.82, 2.24) is 10.2 Å². The van der Waals surface area contributed by atoms with Crippen molar-refractivity contribution in [1.29, 1.82) is 0 Å². The SMILES string of the molecule is CCOC(=O)C1C[C@@H](C2CCCCC2)CN1C(=O)C[C@H](NC(=O)OC(C)(C)C)c1ccccc1OC. The Bertz CT molecular complexity index is 906. The molecule has 1 saturated heterocycles. The van der Waals surface area contributed by atoms with Crippen LogP contribution >= 0.6 is 0 Å². The molecule has 8 nitrogen and oxygen atoms in total. The van der Waals surface area contributed by atoms with Crippen molar-refractivity contribution in [2.24, 2.45) is 11.8 Å². The number of amides is 2. The largest absolute Gasteiger partial charge is 0.496 e. The molecule has 2 amide bonds. The lowest BCUT2D eigenvalue weighted by atomic mass is 9.79. The van der Waals surface area contributed by atoms with Crippen molar-refractivity contribution in [3.63, 3.8) is 0 Å². The minimum absolute atomic E-state index is 0.0209. The van der Waals surface area contributed by atoms with Gasteiger partial charge in [0.2, 0.25) is 5.91 Å². The molecule has 8 heteroatoms. The molecule has 1 aliphatic carbocycles. The van der Waals surface area contributed by atoms with Crippen molar-refractivity contribution >= 4 is 18.0 Å². The first-order chi connectivity index (χ1) is 17.1. The Morgan fingerprint density at radius 1 is 1.08 bits per heavy atom. The Balaban J connectivity index is 1.83. The number of rotatable bonds is 8. The van der Waals surface area contributed by atoms with E-state index in [0.717, 1.165) is 12.8 Å². The molecule has 36 heavy (non-hydrogen) atoms. The molecule has 1 saturated carbocycles. The zero-order valence-corrected chi connectivity index (χ0v) is 22.4. The molecule has 3 rings (SSSR count). The maximum Gasteiger partial charge on any atom is 0.408 e. The van der Waals surface area contributed by atoms with E-state index in [1.807, 2.05) is 18.2 Å². The molecule has 2 aliphatic rings. The predicted octanol–water partition coefficient (Wildman–Crippen LogP) is 5.01. The number of ether oxygens (including phenoxy) is 3. The number of nitrogens with one attached hydrogen (secondary N) is 1. The highest BCUT2D eigenvalue weighted by Crippen LogP contribution is 2.39. The van der Waals surface area contributed by atoms with E-state index in [4.69, 9.17) is 14.2 Å². The number of para-hydroxylation sites is 1. The van der Waals surface area contributed by atoms with Crippen LogP contribution in [0.5, 0.6) is 5.75 Å². The summed E-state index contributed by atoms with van der Waals surface area (Å²) in [6, 6.07) is 6.01. The molecular formula is C28H42N2O6. The summed E-state index contributed by atoms with van der Waals surface area (Å²) >= 11 is 0. The summed E-state index contributed by atoms with van der Waals surface area (Å²) in [5, 5.41) is 2.86. The number of benzene rings is 1. The van der Waals surface area contributed by atoms with E-state index in [1.54, 1.807) is 45.8 Å². The van der Waals surface area contributed by atoms with Crippen molar-refractivity contribution in [3.05, 3.63) is 29.8 Å². The lowest BCUT2D eigenvalue weighted by Crippen LogP contribution is -2.44. The predicted molar refractivity (Wildman–Crippen MR) is 137 cm³/mol. The van der Waals surface area contributed by atoms with Gasteiger partial charge in [0.25, 0.3) is 0 Å². The normalized spacial score (nSPS) is 21.5. The minimum Gasteiger partial charge on any atom is -0.496 e. The molecular weight excluding hydrogens is 460 g/mol. The number of esters is 1. The Morgan fingerprint density at radius 3 is 2.42 bits per heavy atom. The van der Waals surface area contributed by atoms with E-state index < -0.39 is 23.8 Å². The zero-order chi connectivity index (χ0) is 26.3. The molecule has 1 unspecified atom stereocenters. The van der Waals surface area contributed by atoms with Crippen LogP contribution in [0.1, 0.15) is 84.2 Å². The first kappa shape index (κ1) is 27.8. The summed E-state index contributed by atoms with van der Waals surface area (Å²) in [4.78, 5) is 40.9. The maximum absolute atomic E-state index is 13.7. The van der Waals surface area contributed by atoms with E-state index in [0.29, 0.717) is 30.2 Å². The van der Waals surface area contributed by atoms with Gasteiger partial charge in [-0.2, -0.15) is 0 Å². The molecule has 0 aromatic heterocycles. The maximum atomic E-state index is 13.7. The quantitative estimate of drug-likeness (QED) is 0.502. The molecule has 3 atom stereocenters. The Kier molecular flexibility index (Phi) is 9.63. The van der Waals surface area contributed by atoms with Crippen LogP contribution in [0.4, 0.5) is 4.79 Å². The molecule has 1 heterocycles. The Hall–Kier alpha value is -2.77. The van der Waals surface area contributed by atoms with Gasteiger partial charge >= 0.3 is 12.1 Å². The van der Waals surface area contributed by atoms with E-state index >= 15 is 0 Å². The molecule has 1 aromatic rings. The topological polar surface area (TPSA) is 94.2 Å². The number of carbonyl (C=O) groups is 3. The molecule has 0 radical (unpaired) electrons. The number of nitrogens with zero attached hydrogens (tertiary/aromatic N) is 1. The molecule has 200 valence electrons. The van der Waals surface area contributed by atoms with Crippen LogP contribution in [-0.2, 0) is 19.1 Å². The van der Waals surface area contributed by atoms with Crippen LogP contribution in [-0.4, -0.2) is 54.8 Å². The lowest BCUT2D eigenvalue weighted by molar-refractivity contribution is -0.153. The Morgan fingerprint density at radius 2 is 1.78 bits per heavy atom. The number of alkyl carbamates (subject to hydrolysis) is 1. The summed E-state index contributed by atoms with van der Waals surface area (Å²) in [6.07, 6.45) is 5.95. The number of carbonyl (C=O) groups excluding carboxylic acids is 3. The molecule has 1 N–H and O–H groups in total. The van der Waals surface area contributed by atoms with Crippen molar-refractivity contribution in [3.8, 4) is 5.75 Å². The van der Waals surface area contributed by atoms with Crippen LogP contribution in [0, 0.1) is 11.8 Å². The van der Waals surface area contributed by atoms with Gasteiger partial charge in [0.15, 0.2) is 0 Å². The zero-order valence-electron chi connectivity index (χ0n) is 22.4. The van der Waals surface area contributed by atoms with Gasteiger partial charge in [0.05, 0.1) is 26.2 Å². The third kappa shape index (κ3) is 7.37. The molecule has 2 fully saturated rings. The number of likely N-dealkylation sites (tertiary alicyclic amines) is 1. The van der Waals surface area contributed by atoms with Crippen LogP contribution in [0.3, 0.4) is 0 Å². The Labute approximate surface area is 215 Å². The van der Waals surface area contributed by atoms with Crippen LogP contribution in [0.2, 0.25) is 0 Å². The first-order valence-electron chi connectivity index (χ1n) is 13.2. The molecule has 1 aliphatic heterocycles. The van der Waals surface area contributed by atoms with Gasteiger partial charge in [-0.05, 0) is 52.0 Å². The van der Waals surface area contributed by atoms with Crippen LogP contribution < -0.4 is 10.1 Å². The second kappa shape index (κ2) is 12.5. The second-order valence-corrected chi connectivity index (χ2v) is 10.9. The van der Waals surface area contributed by atoms with Crippen LogP contribution in [0.25, 0.3) is 0 Å². The molecule has 1 aromatic carbocycles. The summed E-state index contributed by atoms with van der Waals surface area (Å²) in [5.74, 6) is 0.830. The average molecular weight is 503 g/mol. The summed E-state index contributed by atoms with van der Waals surface area (Å²) in [6.45, 7) is 7.95. The van der Waals surface area contributed by atoms with E-state index in [2.05, 4.69) is 5.32 Å². The fourth-order valence-corrected chi connectivity index (χ4v) is 5.49. The minimum atomic E-state index is -0.684. The summed E-state index contributed by atoms with van der Waals surface area (Å²) < 4.78 is 16.3. The highest BCUT2D eigenvalue weighted by atomic mass is 16.6. The fraction of sp³-hybridized carbons (Fsp3) is 0.679. The van der Waals surface area contributed by atoms with Gasteiger partial charge in [0.1, 0.15) is 17.4 Å². The fourth-order valence-electron chi connectivity index (χ4n) is 5.49. The lowest BCUT2D eigenvalue weighted by Gasteiger charge is -2.29. The monoisotopic (exact) mass is 502 g/mol. The van der Waals surface area contributed by atoms with Gasteiger partial charge in [-0.1, -0.05) is 50.3 Å². The van der Waals surface area contributed by atoms with Gasteiger partial charge in [0, 0.05) is 12.1 Å². The highest BCUT2D eigenvalue weighted by Gasteiger charge is 2.43. The first-order valence-corrected chi connectivity index (χ1v) is 13.2. The van der Waals surface area contributed by atoms with Gasteiger partial charge in [-0.3, -0.25) is 4.79 Å². The second-order valence-electron chi connectivity index (χ2n) is 10.9. The summed E-state index contributed by atoms with van der Waals surface area (Å²) in [5.41, 5.74) is -0.00808. The van der Waals surface area contributed by atoms with Crippen molar-refractivity contribution in [2.75, 3.05) is 20.3 Å². The van der Waals surface area contributed by atoms with Gasteiger partial charge in [-0.15, -0.1) is 0 Å². The molecule has 0 bridgehead atoms. The number of methoxy groups -OCH3 is 1. The highest BCUT2D eigenvalue weighted by molar-refractivity contribution is 5.86. The average Bonchev–Trinajstić information content (AvgIpc) is 3.29. The number of hydrogen-bond donors (Lipinski definition) is 1. The molecule has 0 spiro atoms. The van der Waals surface area contributed by atoms with Gasteiger partial charge < -0.3 is 24.4 Å². The van der Waals surface area contributed by atoms with Crippen molar-refractivity contribution in [2.45, 2.75) is 90.3 Å². The third-order valence-corrected chi connectivity index (χ3v) is 7.11.